The van der Waals surface area contributed by atoms with Crippen LogP contribution in [0.25, 0.3) is 0 Å². The molecule has 1 aromatic carbocycles. The lowest BCUT2D eigenvalue weighted by atomic mass is 10.1. The molecule has 1 aliphatic heterocycles. The van der Waals surface area contributed by atoms with Gasteiger partial charge in [0, 0.05) is 25.2 Å². The largest absolute Gasteiger partial charge is 0.355 e. The van der Waals surface area contributed by atoms with Gasteiger partial charge < -0.3 is 10.6 Å². The van der Waals surface area contributed by atoms with Gasteiger partial charge >= 0.3 is 0 Å². The predicted octanol–water partition coefficient (Wildman–Crippen LogP) is 2.18. The minimum atomic E-state index is -0.109. The van der Waals surface area contributed by atoms with Crippen molar-refractivity contribution >= 4 is 11.8 Å². The van der Waals surface area contributed by atoms with E-state index >= 15 is 0 Å². The van der Waals surface area contributed by atoms with Gasteiger partial charge in [0.1, 0.15) is 0 Å². The molecule has 2 fully saturated rings. The molecule has 0 radical (unpaired) electrons. The van der Waals surface area contributed by atoms with Crippen LogP contribution in [-0.4, -0.2) is 47.9 Å². The lowest BCUT2D eigenvalue weighted by Crippen LogP contribution is -2.47. The Morgan fingerprint density at radius 1 is 1.19 bits per heavy atom. The summed E-state index contributed by atoms with van der Waals surface area (Å²) in [5, 5.41) is 6.14. The van der Waals surface area contributed by atoms with Crippen LogP contribution in [0.3, 0.4) is 0 Å². The zero-order valence-electron chi connectivity index (χ0n) is 16.0. The number of rotatable bonds is 6. The molecule has 1 saturated carbocycles. The summed E-state index contributed by atoms with van der Waals surface area (Å²) in [5.74, 6) is 0.155. The average Bonchev–Trinajstić information content (AvgIpc) is 3.26. The van der Waals surface area contributed by atoms with Crippen LogP contribution in [0.15, 0.2) is 24.3 Å². The SMILES string of the molecule is CCNC(=O)C1CC(NC(=O)Cc2ccccc2C)CN1C1CCCC1. The van der Waals surface area contributed by atoms with Gasteiger partial charge in [-0.2, -0.15) is 0 Å². The molecule has 1 saturated heterocycles. The number of carbonyl (C=O) groups excluding carboxylic acids is 2. The molecule has 1 heterocycles. The normalized spacial score (nSPS) is 23.9. The van der Waals surface area contributed by atoms with E-state index in [0.29, 0.717) is 25.4 Å². The van der Waals surface area contributed by atoms with E-state index in [1.54, 1.807) is 0 Å². The van der Waals surface area contributed by atoms with Crippen LogP contribution in [0.5, 0.6) is 0 Å². The first kappa shape index (κ1) is 18.9. The number of aryl methyl sites for hydroxylation is 1. The Bertz CT molecular complexity index is 640. The Kier molecular flexibility index (Phi) is 6.30. The molecule has 142 valence electrons. The molecule has 2 unspecified atom stereocenters. The van der Waals surface area contributed by atoms with Gasteiger partial charge in [0.05, 0.1) is 12.5 Å². The Balaban J connectivity index is 1.62. The second kappa shape index (κ2) is 8.67. The van der Waals surface area contributed by atoms with E-state index in [2.05, 4.69) is 15.5 Å². The van der Waals surface area contributed by atoms with Gasteiger partial charge in [-0.3, -0.25) is 14.5 Å². The molecule has 1 aliphatic carbocycles. The molecular formula is C21H31N3O2. The predicted molar refractivity (Wildman–Crippen MR) is 103 cm³/mol. The fourth-order valence-electron chi connectivity index (χ4n) is 4.41. The summed E-state index contributed by atoms with van der Waals surface area (Å²) >= 11 is 0. The van der Waals surface area contributed by atoms with Crippen molar-refractivity contribution in [3.63, 3.8) is 0 Å². The fraction of sp³-hybridized carbons (Fsp3) is 0.619. The highest BCUT2D eigenvalue weighted by molar-refractivity contribution is 5.83. The van der Waals surface area contributed by atoms with Crippen LogP contribution in [0.2, 0.25) is 0 Å². The van der Waals surface area contributed by atoms with Crippen molar-refractivity contribution in [1.29, 1.82) is 0 Å². The topological polar surface area (TPSA) is 61.4 Å². The van der Waals surface area contributed by atoms with Crippen molar-refractivity contribution < 1.29 is 9.59 Å². The Labute approximate surface area is 156 Å². The zero-order valence-corrected chi connectivity index (χ0v) is 16.0. The number of hydrogen-bond donors (Lipinski definition) is 2. The van der Waals surface area contributed by atoms with Crippen molar-refractivity contribution in [3.05, 3.63) is 35.4 Å². The number of nitrogens with zero attached hydrogens (tertiary/aromatic N) is 1. The fourth-order valence-corrected chi connectivity index (χ4v) is 4.41. The van der Waals surface area contributed by atoms with Crippen LogP contribution >= 0.6 is 0 Å². The third-order valence-electron chi connectivity index (χ3n) is 5.76. The molecule has 0 spiro atoms. The second-order valence-corrected chi connectivity index (χ2v) is 7.65. The maximum atomic E-state index is 12.5. The molecule has 0 aromatic heterocycles. The van der Waals surface area contributed by atoms with Crippen molar-refractivity contribution in [2.45, 2.75) is 70.5 Å². The van der Waals surface area contributed by atoms with Crippen LogP contribution in [0.1, 0.15) is 50.2 Å². The van der Waals surface area contributed by atoms with E-state index in [1.165, 1.54) is 25.7 Å². The Morgan fingerprint density at radius 3 is 2.62 bits per heavy atom. The van der Waals surface area contributed by atoms with E-state index in [1.807, 2.05) is 38.1 Å². The first-order valence-corrected chi connectivity index (χ1v) is 9.95. The van der Waals surface area contributed by atoms with Gasteiger partial charge in [-0.1, -0.05) is 37.1 Å². The summed E-state index contributed by atoms with van der Waals surface area (Å²) in [6, 6.07) is 8.43. The molecular weight excluding hydrogens is 326 g/mol. The van der Waals surface area contributed by atoms with Crippen LogP contribution in [0, 0.1) is 6.92 Å². The monoisotopic (exact) mass is 357 g/mol. The molecule has 26 heavy (non-hydrogen) atoms. The third-order valence-corrected chi connectivity index (χ3v) is 5.76. The van der Waals surface area contributed by atoms with Crippen molar-refractivity contribution in [2.75, 3.05) is 13.1 Å². The number of carbonyl (C=O) groups is 2. The molecule has 5 nitrogen and oxygen atoms in total. The van der Waals surface area contributed by atoms with Gasteiger partial charge in [-0.15, -0.1) is 0 Å². The summed E-state index contributed by atoms with van der Waals surface area (Å²) < 4.78 is 0. The molecule has 5 heteroatoms. The molecule has 2 aliphatic rings. The summed E-state index contributed by atoms with van der Waals surface area (Å²) in [4.78, 5) is 27.4. The standard InChI is InChI=1S/C21H31N3O2/c1-3-22-21(26)19-13-17(14-24(19)18-10-6-7-11-18)23-20(25)12-16-9-5-4-8-15(16)2/h4-5,8-9,17-19H,3,6-7,10-14H2,1-2H3,(H,22,26)(H,23,25). The number of amides is 2. The van der Waals surface area contributed by atoms with E-state index in [9.17, 15) is 9.59 Å². The van der Waals surface area contributed by atoms with Gasteiger partial charge in [-0.25, -0.2) is 0 Å². The second-order valence-electron chi connectivity index (χ2n) is 7.65. The highest BCUT2D eigenvalue weighted by Gasteiger charge is 2.41. The number of likely N-dealkylation sites (N-methyl/N-ethyl adjacent to an activating group) is 1. The molecule has 2 amide bonds. The smallest absolute Gasteiger partial charge is 0.237 e. The lowest BCUT2D eigenvalue weighted by molar-refractivity contribution is -0.126. The third kappa shape index (κ3) is 4.44. The summed E-state index contributed by atoms with van der Waals surface area (Å²) in [6.07, 6.45) is 5.93. The quantitative estimate of drug-likeness (QED) is 0.820. The van der Waals surface area contributed by atoms with Gasteiger partial charge in [0.25, 0.3) is 0 Å². The average molecular weight is 357 g/mol. The summed E-state index contributed by atoms with van der Waals surface area (Å²) in [5.41, 5.74) is 2.21. The number of nitrogens with one attached hydrogen (secondary N) is 2. The minimum absolute atomic E-state index is 0.0484. The number of hydrogen-bond acceptors (Lipinski definition) is 3. The highest BCUT2D eigenvalue weighted by Crippen LogP contribution is 2.30. The van der Waals surface area contributed by atoms with E-state index in [0.717, 1.165) is 17.7 Å². The molecule has 3 rings (SSSR count). The van der Waals surface area contributed by atoms with E-state index in [4.69, 9.17) is 0 Å². The van der Waals surface area contributed by atoms with Gasteiger partial charge in [0.15, 0.2) is 0 Å². The van der Waals surface area contributed by atoms with Gasteiger partial charge in [0.2, 0.25) is 11.8 Å². The summed E-state index contributed by atoms with van der Waals surface area (Å²) in [7, 11) is 0. The van der Waals surface area contributed by atoms with E-state index in [-0.39, 0.29) is 23.9 Å². The highest BCUT2D eigenvalue weighted by atomic mass is 16.2. The van der Waals surface area contributed by atoms with Crippen LogP contribution in [0.4, 0.5) is 0 Å². The van der Waals surface area contributed by atoms with Crippen LogP contribution in [-0.2, 0) is 16.0 Å². The summed E-state index contributed by atoms with van der Waals surface area (Å²) in [6.45, 7) is 5.42. The molecule has 0 bridgehead atoms. The number of benzene rings is 1. The Morgan fingerprint density at radius 2 is 1.92 bits per heavy atom. The van der Waals surface area contributed by atoms with Crippen LogP contribution < -0.4 is 10.6 Å². The van der Waals surface area contributed by atoms with Crippen molar-refractivity contribution in [2.24, 2.45) is 0 Å². The molecule has 2 atom stereocenters. The minimum Gasteiger partial charge on any atom is -0.355 e. The zero-order chi connectivity index (χ0) is 18.5. The Hall–Kier alpha value is -1.88. The maximum absolute atomic E-state index is 12.5. The van der Waals surface area contributed by atoms with E-state index < -0.39 is 0 Å². The first-order chi connectivity index (χ1) is 12.6. The lowest BCUT2D eigenvalue weighted by Gasteiger charge is -2.29. The maximum Gasteiger partial charge on any atom is 0.237 e. The molecule has 1 aromatic rings. The van der Waals surface area contributed by atoms with Crippen molar-refractivity contribution in [3.8, 4) is 0 Å². The van der Waals surface area contributed by atoms with Gasteiger partial charge in [-0.05, 0) is 44.2 Å². The number of likely N-dealkylation sites (tertiary alicyclic amines) is 1. The molecule has 2 N–H and O–H groups in total. The first-order valence-electron chi connectivity index (χ1n) is 9.95. The van der Waals surface area contributed by atoms with Crippen molar-refractivity contribution in [1.82, 2.24) is 15.5 Å².